The fourth-order valence-electron chi connectivity index (χ4n) is 4.01. The number of aromatic nitrogens is 3. The standard InChI is InChI=1S/C22H26N4O/c1-25-12-10-19-20(25)3-2-4-21(19)27-18-8-13-26(14-9-18)15-17-7-11-23-22(24-17)16-5-6-16/h2-4,7,10-12,16,18H,5-6,8-9,13-15H2,1H3. The Morgan fingerprint density at radius 2 is 1.93 bits per heavy atom. The van der Waals surface area contributed by atoms with E-state index in [2.05, 4.69) is 58.0 Å². The van der Waals surface area contributed by atoms with Gasteiger partial charge in [-0.05, 0) is 49.9 Å². The van der Waals surface area contributed by atoms with Crippen molar-refractivity contribution in [1.82, 2.24) is 19.4 Å². The first-order valence-corrected chi connectivity index (χ1v) is 10.0. The largest absolute Gasteiger partial charge is 0.490 e. The molecule has 140 valence electrons. The van der Waals surface area contributed by atoms with Crippen LogP contribution in [0.5, 0.6) is 5.75 Å². The minimum absolute atomic E-state index is 0.291. The molecule has 0 bridgehead atoms. The summed E-state index contributed by atoms with van der Waals surface area (Å²) < 4.78 is 8.51. The van der Waals surface area contributed by atoms with E-state index < -0.39 is 0 Å². The zero-order valence-electron chi connectivity index (χ0n) is 15.8. The van der Waals surface area contributed by atoms with E-state index in [4.69, 9.17) is 9.72 Å². The van der Waals surface area contributed by atoms with Gasteiger partial charge in [-0.1, -0.05) is 6.07 Å². The summed E-state index contributed by atoms with van der Waals surface area (Å²) in [7, 11) is 2.08. The Hall–Kier alpha value is -2.40. The first-order chi connectivity index (χ1) is 13.3. The maximum Gasteiger partial charge on any atom is 0.131 e. The van der Waals surface area contributed by atoms with Crippen molar-refractivity contribution < 1.29 is 4.74 Å². The molecule has 5 nitrogen and oxygen atoms in total. The van der Waals surface area contributed by atoms with Gasteiger partial charge in [-0.3, -0.25) is 4.90 Å². The van der Waals surface area contributed by atoms with Gasteiger partial charge in [-0.2, -0.15) is 0 Å². The zero-order chi connectivity index (χ0) is 18.2. The molecule has 2 aromatic heterocycles. The van der Waals surface area contributed by atoms with Gasteiger partial charge in [0.05, 0.1) is 11.2 Å². The van der Waals surface area contributed by atoms with Crippen molar-refractivity contribution in [3.8, 4) is 5.75 Å². The summed E-state index contributed by atoms with van der Waals surface area (Å²) in [6.45, 7) is 3.03. The van der Waals surface area contributed by atoms with Crippen LogP contribution in [0, 0.1) is 0 Å². The van der Waals surface area contributed by atoms with E-state index in [1.807, 2.05) is 6.20 Å². The molecule has 5 heteroatoms. The van der Waals surface area contributed by atoms with Crippen LogP contribution in [0.3, 0.4) is 0 Å². The molecular weight excluding hydrogens is 336 g/mol. The highest BCUT2D eigenvalue weighted by molar-refractivity contribution is 5.86. The zero-order valence-corrected chi connectivity index (χ0v) is 15.8. The maximum atomic E-state index is 6.37. The van der Waals surface area contributed by atoms with Crippen molar-refractivity contribution in [3.63, 3.8) is 0 Å². The summed E-state index contributed by atoms with van der Waals surface area (Å²) in [4.78, 5) is 11.7. The molecular formula is C22H26N4O. The lowest BCUT2D eigenvalue weighted by Crippen LogP contribution is -2.38. The topological polar surface area (TPSA) is 43.2 Å². The molecule has 1 saturated carbocycles. The number of aryl methyl sites for hydroxylation is 1. The number of piperidine rings is 1. The summed E-state index contributed by atoms with van der Waals surface area (Å²) >= 11 is 0. The fourth-order valence-corrected chi connectivity index (χ4v) is 4.01. The predicted molar refractivity (Wildman–Crippen MR) is 106 cm³/mol. The molecule has 3 aromatic rings. The van der Waals surface area contributed by atoms with E-state index >= 15 is 0 Å². The number of rotatable bonds is 5. The Labute approximate surface area is 160 Å². The van der Waals surface area contributed by atoms with Crippen molar-refractivity contribution in [1.29, 1.82) is 0 Å². The van der Waals surface area contributed by atoms with Gasteiger partial charge in [0, 0.05) is 50.4 Å². The molecule has 0 amide bonds. The van der Waals surface area contributed by atoms with Crippen LogP contribution in [-0.2, 0) is 13.6 Å². The summed E-state index contributed by atoms with van der Waals surface area (Å²) in [5, 5.41) is 1.20. The number of ether oxygens (including phenoxy) is 1. The number of benzene rings is 1. The Balaban J connectivity index is 1.19. The van der Waals surface area contributed by atoms with Crippen LogP contribution in [0.4, 0.5) is 0 Å². The number of fused-ring (bicyclic) bond motifs is 1. The summed E-state index contributed by atoms with van der Waals surface area (Å²) in [5.74, 6) is 2.67. The lowest BCUT2D eigenvalue weighted by Gasteiger charge is -2.32. The van der Waals surface area contributed by atoms with E-state index in [9.17, 15) is 0 Å². The lowest BCUT2D eigenvalue weighted by molar-refractivity contribution is 0.0972. The minimum atomic E-state index is 0.291. The molecule has 0 unspecified atom stereocenters. The van der Waals surface area contributed by atoms with Gasteiger partial charge in [0.1, 0.15) is 17.7 Å². The van der Waals surface area contributed by atoms with Gasteiger partial charge >= 0.3 is 0 Å². The first kappa shape index (κ1) is 16.8. The quantitative estimate of drug-likeness (QED) is 0.691. The Bertz CT molecular complexity index is 938. The van der Waals surface area contributed by atoms with Crippen molar-refractivity contribution >= 4 is 10.9 Å². The van der Waals surface area contributed by atoms with Crippen LogP contribution >= 0.6 is 0 Å². The van der Waals surface area contributed by atoms with Gasteiger partial charge in [0.15, 0.2) is 0 Å². The average Bonchev–Trinajstić information content (AvgIpc) is 3.48. The van der Waals surface area contributed by atoms with E-state index in [1.54, 1.807) is 0 Å². The van der Waals surface area contributed by atoms with Crippen molar-refractivity contribution in [2.24, 2.45) is 7.05 Å². The summed E-state index contributed by atoms with van der Waals surface area (Å²) in [6, 6.07) is 10.5. The predicted octanol–water partition coefficient (Wildman–Crippen LogP) is 3.89. The molecule has 1 aliphatic carbocycles. The second-order valence-corrected chi connectivity index (χ2v) is 7.89. The SMILES string of the molecule is Cn1ccc2c(OC3CCN(Cc4ccnc(C5CC5)n4)CC3)cccc21. The third-order valence-electron chi connectivity index (χ3n) is 5.78. The van der Waals surface area contributed by atoms with Crippen LogP contribution in [0.1, 0.15) is 43.1 Å². The molecule has 1 saturated heterocycles. The molecule has 2 aliphatic rings. The smallest absolute Gasteiger partial charge is 0.131 e. The van der Waals surface area contributed by atoms with Gasteiger partial charge in [-0.25, -0.2) is 9.97 Å². The molecule has 1 aromatic carbocycles. The van der Waals surface area contributed by atoms with Gasteiger partial charge in [0.25, 0.3) is 0 Å². The van der Waals surface area contributed by atoms with Gasteiger partial charge in [-0.15, -0.1) is 0 Å². The average molecular weight is 362 g/mol. The second kappa shape index (κ2) is 6.97. The van der Waals surface area contributed by atoms with Crippen molar-refractivity contribution in [3.05, 3.63) is 54.2 Å². The monoisotopic (exact) mass is 362 g/mol. The van der Waals surface area contributed by atoms with Crippen LogP contribution in [-0.4, -0.2) is 38.6 Å². The van der Waals surface area contributed by atoms with Crippen molar-refractivity contribution in [2.45, 2.75) is 44.2 Å². The third kappa shape index (κ3) is 3.56. The molecule has 1 aliphatic heterocycles. The van der Waals surface area contributed by atoms with Crippen LogP contribution < -0.4 is 4.74 Å². The number of likely N-dealkylation sites (tertiary alicyclic amines) is 1. The molecule has 5 rings (SSSR count). The van der Waals surface area contributed by atoms with Crippen LogP contribution in [0.15, 0.2) is 42.7 Å². The van der Waals surface area contributed by atoms with Gasteiger partial charge in [0.2, 0.25) is 0 Å². The molecule has 0 N–H and O–H groups in total. The third-order valence-corrected chi connectivity index (χ3v) is 5.78. The summed E-state index contributed by atoms with van der Waals surface area (Å²) in [5.41, 5.74) is 2.38. The van der Waals surface area contributed by atoms with E-state index in [0.717, 1.165) is 49.7 Å². The molecule has 0 atom stereocenters. The summed E-state index contributed by atoms with van der Waals surface area (Å²) in [6.07, 6.45) is 8.93. The number of hydrogen-bond acceptors (Lipinski definition) is 4. The highest BCUT2D eigenvalue weighted by Crippen LogP contribution is 2.37. The van der Waals surface area contributed by atoms with Crippen LogP contribution in [0.2, 0.25) is 0 Å². The van der Waals surface area contributed by atoms with Gasteiger partial charge < -0.3 is 9.30 Å². The fraction of sp³-hybridized carbons (Fsp3) is 0.455. The Kier molecular flexibility index (Phi) is 4.32. The van der Waals surface area contributed by atoms with Crippen molar-refractivity contribution in [2.75, 3.05) is 13.1 Å². The maximum absolute atomic E-state index is 6.37. The highest BCUT2D eigenvalue weighted by Gasteiger charge is 2.27. The molecule has 0 spiro atoms. The first-order valence-electron chi connectivity index (χ1n) is 10.0. The molecule has 3 heterocycles. The molecule has 27 heavy (non-hydrogen) atoms. The van der Waals surface area contributed by atoms with E-state index in [1.165, 1.54) is 23.7 Å². The normalized spacial score (nSPS) is 18.9. The number of hydrogen-bond donors (Lipinski definition) is 0. The highest BCUT2D eigenvalue weighted by atomic mass is 16.5. The Morgan fingerprint density at radius 3 is 2.74 bits per heavy atom. The lowest BCUT2D eigenvalue weighted by atomic mass is 10.1. The Morgan fingerprint density at radius 1 is 1.07 bits per heavy atom. The molecule has 2 fully saturated rings. The van der Waals surface area contributed by atoms with E-state index in [0.29, 0.717) is 12.0 Å². The second-order valence-electron chi connectivity index (χ2n) is 7.89. The number of nitrogens with zero attached hydrogens (tertiary/aromatic N) is 4. The minimum Gasteiger partial charge on any atom is -0.490 e. The molecule has 0 radical (unpaired) electrons. The van der Waals surface area contributed by atoms with Crippen LogP contribution in [0.25, 0.3) is 10.9 Å². The van der Waals surface area contributed by atoms with E-state index in [-0.39, 0.29) is 0 Å².